The minimum atomic E-state index is -0.352. The number of aromatic nitrogens is 1. The fourth-order valence-electron chi connectivity index (χ4n) is 4.51. The van der Waals surface area contributed by atoms with Crippen molar-refractivity contribution in [2.24, 2.45) is 0 Å². The predicted molar refractivity (Wildman–Crippen MR) is 120 cm³/mol. The summed E-state index contributed by atoms with van der Waals surface area (Å²) in [4.78, 5) is 42.5. The van der Waals surface area contributed by atoms with Crippen LogP contribution in [-0.4, -0.2) is 53.4 Å². The zero-order valence-electron chi connectivity index (χ0n) is 17.7. The van der Waals surface area contributed by atoms with E-state index in [4.69, 9.17) is 4.74 Å². The molecule has 1 saturated heterocycles. The van der Waals surface area contributed by atoms with Crippen molar-refractivity contribution < 1.29 is 19.1 Å². The van der Waals surface area contributed by atoms with Gasteiger partial charge in [-0.05, 0) is 55.5 Å². The van der Waals surface area contributed by atoms with Gasteiger partial charge in [0.25, 0.3) is 17.7 Å². The lowest BCUT2D eigenvalue weighted by atomic mass is 10.1. The van der Waals surface area contributed by atoms with Crippen LogP contribution in [0.25, 0.3) is 10.9 Å². The Hall–Kier alpha value is -3.45. The molecule has 7 nitrogen and oxygen atoms in total. The third kappa shape index (κ3) is 3.80. The average Bonchev–Trinajstić information content (AvgIpc) is 3.53. The van der Waals surface area contributed by atoms with Crippen LogP contribution in [0.2, 0.25) is 0 Å². The molecule has 0 saturated carbocycles. The molecule has 3 aromatic rings. The number of ether oxygens (including phenoxy) is 1. The molecule has 1 atom stereocenters. The number of hydrogen-bond donors (Lipinski definition) is 2. The third-order valence-corrected chi connectivity index (χ3v) is 6.23. The molecule has 0 spiro atoms. The molecule has 5 rings (SSSR count). The van der Waals surface area contributed by atoms with E-state index in [9.17, 15) is 14.4 Å². The van der Waals surface area contributed by atoms with Crippen molar-refractivity contribution in [3.63, 3.8) is 0 Å². The maximum Gasteiger partial charge on any atom is 0.261 e. The van der Waals surface area contributed by atoms with Gasteiger partial charge in [-0.15, -0.1) is 0 Å². The van der Waals surface area contributed by atoms with E-state index in [1.54, 1.807) is 12.1 Å². The summed E-state index contributed by atoms with van der Waals surface area (Å²) in [5.41, 5.74) is 3.36. The molecule has 0 aliphatic carbocycles. The quantitative estimate of drug-likeness (QED) is 0.444. The van der Waals surface area contributed by atoms with Gasteiger partial charge in [-0.25, -0.2) is 0 Å². The number of imide groups is 1. The molecule has 0 bridgehead atoms. The number of carbonyl (C=O) groups is 3. The van der Waals surface area contributed by atoms with Crippen LogP contribution in [0.1, 0.15) is 55.9 Å². The predicted octanol–water partition coefficient (Wildman–Crippen LogP) is 3.31. The molecular weight excluding hydrogens is 406 g/mol. The monoisotopic (exact) mass is 431 g/mol. The number of aryl methyl sites for hydroxylation is 1. The Balaban J connectivity index is 1.19. The van der Waals surface area contributed by atoms with Crippen molar-refractivity contribution in [1.29, 1.82) is 0 Å². The fourth-order valence-corrected chi connectivity index (χ4v) is 4.51. The number of hydrogen-bond acceptors (Lipinski definition) is 4. The molecule has 2 aromatic carbocycles. The summed E-state index contributed by atoms with van der Waals surface area (Å²) in [6, 6.07) is 12.9. The van der Waals surface area contributed by atoms with Crippen molar-refractivity contribution in [3.8, 4) is 0 Å². The Bertz CT molecular complexity index is 1190. The van der Waals surface area contributed by atoms with Crippen LogP contribution in [0.4, 0.5) is 0 Å². The summed E-state index contributed by atoms with van der Waals surface area (Å²) < 4.78 is 5.57. The highest BCUT2D eigenvalue weighted by Gasteiger charge is 2.37. The van der Waals surface area contributed by atoms with Gasteiger partial charge >= 0.3 is 0 Å². The van der Waals surface area contributed by atoms with Gasteiger partial charge in [0.15, 0.2) is 0 Å². The molecule has 1 aromatic heterocycles. The topological polar surface area (TPSA) is 91.5 Å². The first-order chi connectivity index (χ1) is 15.6. The Morgan fingerprint density at radius 1 is 1.12 bits per heavy atom. The Labute approximate surface area is 185 Å². The molecule has 3 heterocycles. The van der Waals surface area contributed by atoms with E-state index in [0.717, 1.165) is 31.2 Å². The second-order valence-corrected chi connectivity index (χ2v) is 8.34. The van der Waals surface area contributed by atoms with Crippen LogP contribution in [0.15, 0.2) is 48.7 Å². The van der Waals surface area contributed by atoms with Gasteiger partial charge in [0.2, 0.25) is 0 Å². The standard InChI is InChI=1S/C25H25N3O4/c29-23(26-11-3-5-17-14-27-22-8-2-1-7-19(17)22)16-9-10-20-21(13-16)25(31)28(24(20)30)15-18-6-4-12-32-18/h1-2,7-10,13-14,18,27H,3-6,11-12,15H2,(H,26,29). The van der Waals surface area contributed by atoms with Gasteiger partial charge in [0.05, 0.1) is 23.8 Å². The second kappa shape index (κ2) is 8.59. The highest BCUT2D eigenvalue weighted by Crippen LogP contribution is 2.26. The molecule has 0 radical (unpaired) electrons. The Morgan fingerprint density at radius 3 is 2.81 bits per heavy atom. The lowest BCUT2D eigenvalue weighted by Gasteiger charge is -2.17. The molecular formula is C25H25N3O4. The van der Waals surface area contributed by atoms with E-state index in [1.165, 1.54) is 21.9 Å². The summed E-state index contributed by atoms with van der Waals surface area (Å²) in [6.07, 6.45) is 5.35. The fraction of sp³-hybridized carbons (Fsp3) is 0.320. The highest BCUT2D eigenvalue weighted by atomic mass is 16.5. The first-order valence-corrected chi connectivity index (χ1v) is 11.1. The zero-order chi connectivity index (χ0) is 22.1. The number of nitrogens with one attached hydrogen (secondary N) is 2. The second-order valence-electron chi connectivity index (χ2n) is 8.34. The summed E-state index contributed by atoms with van der Waals surface area (Å²) >= 11 is 0. The highest BCUT2D eigenvalue weighted by molar-refractivity contribution is 6.22. The molecule has 2 aliphatic heterocycles. The van der Waals surface area contributed by atoms with E-state index in [0.29, 0.717) is 29.8 Å². The largest absolute Gasteiger partial charge is 0.376 e. The number of aromatic amines is 1. The summed E-state index contributed by atoms with van der Waals surface area (Å²) in [5, 5.41) is 4.12. The van der Waals surface area contributed by atoms with Gasteiger partial charge in [0, 0.05) is 35.8 Å². The van der Waals surface area contributed by atoms with E-state index in [2.05, 4.69) is 16.4 Å². The van der Waals surface area contributed by atoms with E-state index < -0.39 is 0 Å². The molecule has 164 valence electrons. The van der Waals surface area contributed by atoms with Crippen LogP contribution in [0.3, 0.4) is 0 Å². The lowest BCUT2D eigenvalue weighted by molar-refractivity contribution is 0.0475. The van der Waals surface area contributed by atoms with Crippen molar-refractivity contribution in [2.45, 2.75) is 31.8 Å². The lowest BCUT2D eigenvalue weighted by Crippen LogP contribution is -2.36. The van der Waals surface area contributed by atoms with Crippen LogP contribution < -0.4 is 5.32 Å². The summed E-state index contributed by atoms with van der Waals surface area (Å²) in [5.74, 6) is -0.912. The summed E-state index contributed by atoms with van der Waals surface area (Å²) in [7, 11) is 0. The van der Waals surface area contributed by atoms with Crippen LogP contribution >= 0.6 is 0 Å². The number of carbonyl (C=O) groups excluding carboxylic acids is 3. The summed E-state index contributed by atoms with van der Waals surface area (Å²) in [6.45, 7) is 1.45. The first kappa shape index (κ1) is 20.5. The van der Waals surface area contributed by atoms with Crippen LogP contribution in [0.5, 0.6) is 0 Å². The number of nitrogens with zero attached hydrogens (tertiary/aromatic N) is 1. The minimum Gasteiger partial charge on any atom is -0.376 e. The van der Waals surface area contributed by atoms with Gasteiger partial charge in [0.1, 0.15) is 0 Å². The maximum atomic E-state index is 12.8. The molecule has 2 N–H and O–H groups in total. The van der Waals surface area contributed by atoms with Crippen LogP contribution in [-0.2, 0) is 11.2 Å². The number of amides is 3. The average molecular weight is 431 g/mol. The SMILES string of the molecule is O=C(NCCCc1c[nH]c2ccccc12)c1ccc2c(c1)C(=O)N(CC1CCCO1)C2=O. The first-order valence-electron chi connectivity index (χ1n) is 11.1. The zero-order valence-corrected chi connectivity index (χ0v) is 17.7. The van der Waals surface area contributed by atoms with Crippen molar-refractivity contribution >= 4 is 28.6 Å². The molecule has 1 fully saturated rings. The maximum absolute atomic E-state index is 12.8. The number of benzene rings is 2. The van der Waals surface area contributed by atoms with Crippen molar-refractivity contribution in [1.82, 2.24) is 15.2 Å². The number of rotatable bonds is 7. The molecule has 1 unspecified atom stereocenters. The van der Waals surface area contributed by atoms with E-state index in [-0.39, 0.29) is 30.4 Å². The van der Waals surface area contributed by atoms with Gasteiger partial charge in [-0.3, -0.25) is 19.3 Å². The van der Waals surface area contributed by atoms with Crippen molar-refractivity contribution in [2.75, 3.05) is 19.7 Å². The number of H-pyrrole nitrogens is 1. The molecule has 32 heavy (non-hydrogen) atoms. The van der Waals surface area contributed by atoms with E-state index >= 15 is 0 Å². The number of para-hydroxylation sites is 1. The molecule has 3 amide bonds. The van der Waals surface area contributed by atoms with Gasteiger partial charge in [-0.1, -0.05) is 18.2 Å². The Kier molecular flexibility index (Phi) is 5.49. The normalized spacial score (nSPS) is 17.9. The smallest absolute Gasteiger partial charge is 0.261 e. The minimum absolute atomic E-state index is 0.0999. The molecule has 2 aliphatic rings. The van der Waals surface area contributed by atoms with Crippen molar-refractivity contribution in [3.05, 3.63) is 70.9 Å². The van der Waals surface area contributed by atoms with Gasteiger partial charge < -0.3 is 15.0 Å². The van der Waals surface area contributed by atoms with Crippen LogP contribution in [0, 0.1) is 0 Å². The third-order valence-electron chi connectivity index (χ3n) is 6.23. The molecule has 7 heteroatoms. The van der Waals surface area contributed by atoms with Gasteiger partial charge in [-0.2, -0.15) is 0 Å². The Morgan fingerprint density at radius 2 is 1.97 bits per heavy atom. The van der Waals surface area contributed by atoms with E-state index in [1.807, 2.05) is 24.4 Å². The number of fused-ring (bicyclic) bond motifs is 2.